The second-order valence-electron chi connectivity index (χ2n) is 5.91. The Morgan fingerprint density at radius 1 is 1.12 bits per heavy atom. The van der Waals surface area contributed by atoms with Crippen LogP contribution in [0.4, 0.5) is 0 Å². The molecule has 0 fully saturated rings. The number of para-hydroxylation sites is 1. The van der Waals surface area contributed by atoms with Crippen LogP contribution in [0.15, 0.2) is 60.8 Å². The summed E-state index contributed by atoms with van der Waals surface area (Å²) in [6.07, 6.45) is 1.29. The zero-order chi connectivity index (χ0) is 18.4. The summed E-state index contributed by atoms with van der Waals surface area (Å²) in [4.78, 5) is 15.5. The van der Waals surface area contributed by atoms with Crippen LogP contribution in [0.1, 0.15) is 18.1 Å². The Morgan fingerprint density at radius 2 is 1.88 bits per heavy atom. The lowest BCUT2D eigenvalue weighted by atomic mass is 10.1. The number of carboxylic acids is 1. The van der Waals surface area contributed by atoms with Crippen molar-refractivity contribution in [3.05, 3.63) is 71.9 Å². The summed E-state index contributed by atoms with van der Waals surface area (Å²) in [7, 11) is 0. The van der Waals surface area contributed by atoms with Crippen LogP contribution in [0, 0.1) is 0 Å². The van der Waals surface area contributed by atoms with Gasteiger partial charge in [0.15, 0.2) is 6.10 Å². The average molecular weight is 351 g/mol. The number of benzene rings is 2. The zero-order valence-corrected chi connectivity index (χ0v) is 14.6. The summed E-state index contributed by atoms with van der Waals surface area (Å²) in [5.74, 6) is -0.213. The molecular weight excluding hydrogens is 330 g/mol. The maximum absolute atomic E-state index is 11.2. The Balaban J connectivity index is 1.65. The molecule has 1 atom stereocenters. The summed E-state index contributed by atoms with van der Waals surface area (Å²) in [5.41, 5.74) is 2.91. The van der Waals surface area contributed by atoms with Crippen molar-refractivity contribution in [2.45, 2.75) is 26.1 Å². The van der Waals surface area contributed by atoms with Gasteiger partial charge in [0.25, 0.3) is 0 Å². The molecule has 0 aliphatic rings. The molecule has 3 aromatic rings. The minimum Gasteiger partial charge on any atom is -0.489 e. The van der Waals surface area contributed by atoms with Crippen molar-refractivity contribution in [3.8, 4) is 5.75 Å². The highest BCUT2D eigenvalue weighted by Gasteiger charge is 2.17. The van der Waals surface area contributed by atoms with Crippen molar-refractivity contribution in [1.82, 2.24) is 4.98 Å². The van der Waals surface area contributed by atoms with Crippen LogP contribution in [0.25, 0.3) is 10.9 Å². The quantitative estimate of drug-likeness (QED) is 0.668. The number of hydrogen-bond acceptors (Lipinski definition) is 4. The molecule has 5 heteroatoms. The van der Waals surface area contributed by atoms with Gasteiger partial charge in [0, 0.05) is 30.2 Å². The summed E-state index contributed by atoms with van der Waals surface area (Å²) >= 11 is 0. The Kier molecular flexibility index (Phi) is 5.81. The first-order valence-corrected chi connectivity index (χ1v) is 8.56. The predicted octanol–water partition coefficient (Wildman–Crippen LogP) is 3.85. The highest BCUT2D eigenvalue weighted by Crippen LogP contribution is 2.20. The second kappa shape index (κ2) is 8.45. The first-order chi connectivity index (χ1) is 12.7. The number of aliphatic carboxylic acids is 1. The van der Waals surface area contributed by atoms with Crippen molar-refractivity contribution in [2.24, 2.45) is 0 Å². The molecule has 0 aliphatic heterocycles. The van der Waals surface area contributed by atoms with E-state index in [2.05, 4.69) is 4.98 Å². The van der Waals surface area contributed by atoms with Gasteiger partial charge in [-0.25, -0.2) is 4.79 Å². The van der Waals surface area contributed by atoms with E-state index in [-0.39, 0.29) is 0 Å². The van der Waals surface area contributed by atoms with Gasteiger partial charge in [-0.2, -0.15) is 0 Å². The van der Waals surface area contributed by atoms with E-state index in [1.165, 1.54) is 0 Å². The molecule has 0 bridgehead atoms. The third-order valence-electron chi connectivity index (χ3n) is 4.12. The number of aromatic nitrogens is 1. The molecule has 1 heterocycles. The molecule has 0 saturated carbocycles. The Bertz CT molecular complexity index is 871. The maximum Gasteiger partial charge on any atom is 0.333 e. The number of fused-ring (bicyclic) bond motifs is 1. The molecule has 0 saturated heterocycles. The van der Waals surface area contributed by atoms with Crippen molar-refractivity contribution < 1.29 is 19.4 Å². The van der Waals surface area contributed by atoms with Gasteiger partial charge in [0.05, 0.1) is 5.52 Å². The van der Waals surface area contributed by atoms with Gasteiger partial charge in [-0.3, -0.25) is 4.98 Å². The van der Waals surface area contributed by atoms with E-state index in [9.17, 15) is 4.79 Å². The molecule has 5 nitrogen and oxygen atoms in total. The molecular formula is C21H21NO4. The third kappa shape index (κ3) is 4.37. The van der Waals surface area contributed by atoms with E-state index in [1.54, 1.807) is 13.1 Å². The molecule has 134 valence electrons. The Morgan fingerprint density at radius 3 is 2.62 bits per heavy atom. The van der Waals surface area contributed by atoms with Crippen LogP contribution in [0.3, 0.4) is 0 Å². The largest absolute Gasteiger partial charge is 0.489 e. The van der Waals surface area contributed by atoms with E-state index in [0.717, 1.165) is 27.8 Å². The first kappa shape index (κ1) is 17.9. The van der Waals surface area contributed by atoms with E-state index in [4.69, 9.17) is 14.6 Å². The van der Waals surface area contributed by atoms with Gasteiger partial charge in [0.1, 0.15) is 12.4 Å². The normalized spacial score (nSPS) is 12.0. The summed E-state index contributed by atoms with van der Waals surface area (Å²) < 4.78 is 11.1. The summed E-state index contributed by atoms with van der Waals surface area (Å²) in [5, 5.41) is 10.2. The van der Waals surface area contributed by atoms with Crippen molar-refractivity contribution in [2.75, 3.05) is 6.61 Å². The molecule has 0 spiro atoms. The molecule has 0 radical (unpaired) electrons. The van der Waals surface area contributed by atoms with E-state index < -0.39 is 12.1 Å². The van der Waals surface area contributed by atoms with Crippen LogP contribution < -0.4 is 4.74 Å². The number of nitrogens with zero attached hydrogens (tertiary/aromatic N) is 1. The molecule has 2 aromatic carbocycles. The molecule has 0 amide bonds. The van der Waals surface area contributed by atoms with E-state index in [1.807, 2.05) is 54.6 Å². The van der Waals surface area contributed by atoms with Crippen molar-refractivity contribution in [1.29, 1.82) is 0 Å². The molecule has 1 aromatic heterocycles. The number of pyridine rings is 1. The molecule has 3 rings (SSSR count). The number of carbonyl (C=O) groups is 1. The highest BCUT2D eigenvalue weighted by molar-refractivity contribution is 5.81. The van der Waals surface area contributed by atoms with Gasteiger partial charge in [-0.05, 0) is 36.8 Å². The molecule has 1 N–H and O–H groups in total. The van der Waals surface area contributed by atoms with Gasteiger partial charge in [0.2, 0.25) is 0 Å². The van der Waals surface area contributed by atoms with E-state index >= 15 is 0 Å². The highest BCUT2D eigenvalue weighted by atomic mass is 16.5. The molecule has 0 aliphatic carbocycles. The lowest BCUT2D eigenvalue weighted by Gasteiger charge is -2.13. The molecule has 26 heavy (non-hydrogen) atoms. The fourth-order valence-corrected chi connectivity index (χ4v) is 2.80. The summed E-state index contributed by atoms with van der Waals surface area (Å²) in [6.45, 7) is 2.60. The lowest BCUT2D eigenvalue weighted by Crippen LogP contribution is -2.26. The van der Waals surface area contributed by atoms with Crippen LogP contribution in [-0.2, 0) is 22.6 Å². The van der Waals surface area contributed by atoms with Crippen LogP contribution in [-0.4, -0.2) is 28.8 Å². The lowest BCUT2D eigenvalue weighted by molar-refractivity contribution is -0.149. The SMILES string of the molecule is CCOC(Cc1ccc(OCc2ccnc3ccccc23)cc1)C(=O)O. The monoisotopic (exact) mass is 351 g/mol. The van der Waals surface area contributed by atoms with Crippen molar-refractivity contribution in [3.63, 3.8) is 0 Å². The summed E-state index contributed by atoms with van der Waals surface area (Å²) in [6, 6.07) is 17.4. The predicted molar refractivity (Wildman–Crippen MR) is 99.3 cm³/mol. The average Bonchev–Trinajstić information content (AvgIpc) is 2.67. The Labute approximate surface area is 152 Å². The van der Waals surface area contributed by atoms with Gasteiger partial charge in [-0.1, -0.05) is 30.3 Å². The number of hydrogen-bond donors (Lipinski definition) is 1. The fraction of sp³-hybridized carbons (Fsp3) is 0.238. The minimum atomic E-state index is -0.947. The smallest absolute Gasteiger partial charge is 0.333 e. The molecule has 1 unspecified atom stereocenters. The maximum atomic E-state index is 11.2. The number of rotatable bonds is 8. The topological polar surface area (TPSA) is 68.7 Å². The van der Waals surface area contributed by atoms with Crippen LogP contribution in [0.2, 0.25) is 0 Å². The Hall–Kier alpha value is -2.92. The van der Waals surface area contributed by atoms with Gasteiger partial charge >= 0.3 is 5.97 Å². The number of carboxylic acid groups (broad SMARTS) is 1. The fourth-order valence-electron chi connectivity index (χ4n) is 2.80. The van der Waals surface area contributed by atoms with Gasteiger partial charge < -0.3 is 14.6 Å². The zero-order valence-electron chi connectivity index (χ0n) is 14.6. The van der Waals surface area contributed by atoms with Crippen LogP contribution >= 0.6 is 0 Å². The van der Waals surface area contributed by atoms with E-state index in [0.29, 0.717) is 19.6 Å². The van der Waals surface area contributed by atoms with Gasteiger partial charge in [-0.15, -0.1) is 0 Å². The first-order valence-electron chi connectivity index (χ1n) is 8.56. The standard InChI is InChI=1S/C21H21NO4/c1-2-25-20(21(23)24)13-15-7-9-17(10-8-15)26-14-16-11-12-22-19-6-4-3-5-18(16)19/h3-12,20H,2,13-14H2,1H3,(H,23,24). The third-order valence-corrected chi connectivity index (χ3v) is 4.12. The second-order valence-corrected chi connectivity index (χ2v) is 5.91. The number of ether oxygens (including phenoxy) is 2. The van der Waals surface area contributed by atoms with Crippen LogP contribution in [0.5, 0.6) is 5.75 Å². The van der Waals surface area contributed by atoms with Crippen molar-refractivity contribution >= 4 is 16.9 Å². The minimum absolute atomic E-state index is 0.332.